The van der Waals surface area contributed by atoms with E-state index in [4.69, 9.17) is 18.9 Å². The fourth-order valence-electron chi connectivity index (χ4n) is 3.18. The second-order valence-corrected chi connectivity index (χ2v) is 6.44. The van der Waals surface area contributed by atoms with E-state index in [1.165, 1.54) is 14.2 Å². The third-order valence-electron chi connectivity index (χ3n) is 4.93. The van der Waals surface area contributed by atoms with Gasteiger partial charge in [-0.05, 0) is 37.1 Å². The summed E-state index contributed by atoms with van der Waals surface area (Å²) in [5, 5.41) is 3.26. The molecule has 0 saturated heterocycles. The van der Waals surface area contributed by atoms with Crippen molar-refractivity contribution in [2.24, 2.45) is 0 Å². The maximum Gasteiger partial charge on any atom is 0.327 e. The number of nitrogens with zero attached hydrogens (tertiary/aromatic N) is 1. The average Bonchev–Trinajstić information content (AvgIpc) is 2.92. The van der Waals surface area contributed by atoms with Crippen LogP contribution in [0.5, 0.6) is 11.5 Å². The molecule has 1 aromatic rings. The highest BCUT2D eigenvalue weighted by Crippen LogP contribution is 2.32. The maximum atomic E-state index is 12.6. The summed E-state index contributed by atoms with van der Waals surface area (Å²) in [6.45, 7) is 4.45. The summed E-state index contributed by atoms with van der Waals surface area (Å²) < 4.78 is 20.7. The Morgan fingerprint density at radius 1 is 1.14 bits per heavy atom. The normalized spacial score (nSPS) is 17.7. The monoisotopic (exact) mass is 392 g/mol. The fourth-order valence-corrected chi connectivity index (χ4v) is 3.18. The van der Waals surface area contributed by atoms with Crippen LogP contribution in [0.3, 0.4) is 0 Å². The van der Waals surface area contributed by atoms with E-state index >= 15 is 0 Å². The molecule has 0 aromatic heterocycles. The number of ether oxygens (including phenoxy) is 4. The summed E-state index contributed by atoms with van der Waals surface area (Å²) in [5.74, 6) is 0.504. The molecule has 1 aromatic carbocycles. The van der Waals surface area contributed by atoms with Crippen LogP contribution < -0.4 is 14.8 Å². The molecule has 0 aliphatic carbocycles. The minimum absolute atomic E-state index is 0.0806. The summed E-state index contributed by atoms with van der Waals surface area (Å²) >= 11 is 0. The van der Waals surface area contributed by atoms with Gasteiger partial charge in [0.2, 0.25) is 0 Å². The zero-order chi connectivity index (χ0) is 20.8. The highest BCUT2D eigenvalue weighted by atomic mass is 16.5. The lowest BCUT2D eigenvalue weighted by atomic mass is 10.0. The van der Waals surface area contributed by atoms with Gasteiger partial charge in [-0.2, -0.15) is 0 Å². The number of rotatable bonds is 9. The molecule has 0 fully saturated rings. The molecule has 0 saturated carbocycles. The molecule has 1 heterocycles. The van der Waals surface area contributed by atoms with E-state index in [9.17, 15) is 9.59 Å². The molecule has 0 radical (unpaired) electrons. The van der Waals surface area contributed by atoms with E-state index in [2.05, 4.69) is 5.32 Å². The molecule has 2 atom stereocenters. The first kappa shape index (κ1) is 21.7. The maximum absolute atomic E-state index is 12.6. The zero-order valence-electron chi connectivity index (χ0n) is 17.2. The Kier molecular flexibility index (Phi) is 7.42. The number of carbonyl (C=O) groups is 2. The van der Waals surface area contributed by atoms with Crippen LogP contribution in [0.1, 0.15) is 25.5 Å². The molecule has 8 nitrogen and oxygen atoms in total. The van der Waals surface area contributed by atoms with Gasteiger partial charge in [0, 0.05) is 19.2 Å². The van der Waals surface area contributed by atoms with Gasteiger partial charge >= 0.3 is 5.97 Å². The molecule has 2 rings (SSSR count). The first-order chi connectivity index (χ1) is 13.4. The van der Waals surface area contributed by atoms with Crippen molar-refractivity contribution in [1.82, 2.24) is 10.2 Å². The molecule has 1 N–H and O–H groups in total. The first-order valence-corrected chi connectivity index (χ1v) is 8.92. The van der Waals surface area contributed by atoms with E-state index in [1.807, 2.05) is 6.92 Å². The van der Waals surface area contributed by atoms with Crippen LogP contribution in [0.2, 0.25) is 0 Å². The Hall–Kier alpha value is -2.58. The summed E-state index contributed by atoms with van der Waals surface area (Å²) in [6.07, 6.45) is -0.445. The third kappa shape index (κ3) is 4.28. The SMILES string of the molecule is COCCN1C(=O)C(C)=C(C)C1NC(C(=O)OC)c1ccc(OC)c(OC)c1. The van der Waals surface area contributed by atoms with Crippen molar-refractivity contribution in [2.75, 3.05) is 41.6 Å². The molecular formula is C20H28N2O6. The minimum atomic E-state index is -0.798. The van der Waals surface area contributed by atoms with Gasteiger partial charge < -0.3 is 23.8 Å². The molecule has 1 aliphatic rings. The van der Waals surface area contributed by atoms with Gasteiger partial charge in [-0.15, -0.1) is 0 Å². The lowest BCUT2D eigenvalue weighted by Crippen LogP contribution is -2.49. The van der Waals surface area contributed by atoms with Crippen LogP contribution in [0.15, 0.2) is 29.3 Å². The highest BCUT2D eigenvalue weighted by Gasteiger charge is 2.37. The van der Waals surface area contributed by atoms with Crippen molar-refractivity contribution >= 4 is 11.9 Å². The number of amides is 1. The predicted octanol–water partition coefficient (Wildman–Crippen LogP) is 1.66. The number of methoxy groups -OCH3 is 4. The van der Waals surface area contributed by atoms with Crippen molar-refractivity contribution in [3.05, 3.63) is 34.9 Å². The van der Waals surface area contributed by atoms with E-state index in [-0.39, 0.29) is 5.91 Å². The molecule has 1 aliphatic heterocycles. The topological polar surface area (TPSA) is 86.3 Å². The number of nitrogens with one attached hydrogen (secondary N) is 1. The summed E-state index contributed by atoms with van der Waals surface area (Å²) in [4.78, 5) is 26.8. The first-order valence-electron chi connectivity index (χ1n) is 8.92. The molecule has 28 heavy (non-hydrogen) atoms. The predicted molar refractivity (Wildman–Crippen MR) is 103 cm³/mol. The van der Waals surface area contributed by atoms with Gasteiger partial charge in [0.1, 0.15) is 12.2 Å². The zero-order valence-corrected chi connectivity index (χ0v) is 17.2. The summed E-state index contributed by atoms with van der Waals surface area (Å²) in [5.41, 5.74) is 2.15. The Balaban J connectivity index is 2.38. The fraction of sp³-hybridized carbons (Fsp3) is 0.500. The number of hydrogen-bond acceptors (Lipinski definition) is 7. The largest absolute Gasteiger partial charge is 0.493 e. The lowest BCUT2D eigenvalue weighted by molar-refractivity contribution is -0.144. The van der Waals surface area contributed by atoms with Crippen LogP contribution in [-0.4, -0.2) is 64.5 Å². The van der Waals surface area contributed by atoms with Gasteiger partial charge in [0.25, 0.3) is 5.91 Å². The Morgan fingerprint density at radius 3 is 2.39 bits per heavy atom. The Bertz CT molecular complexity index is 761. The van der Waals surface area contributed by atoms with E-state index < -0.39 is 18.2 Å². The number of hydrogen-bond donors (Lipinski definition) is 1. The average molecular weight is 392 g/mol. The van der Waals surface area contributed by atoms with Crippen LogP contribution >= 0.6 is 0 Å². The molecule has 0 spiro atoms. The smallest absolute Gasteiger partial charge is 0.327 e. The summed E-state index contributed by atoms with van der Waals surface area (Å²) in [6, 6.07) is 4.41. The summed E-state index contributed by atoms with van der Waals surface area (Å²) in [7, 11) is 5.98. The Labute approximate surface area is 165 Å². The van der Waals surface area contributed by atoms with Crippen LogP contribution in [0.4, 0.5) is 0 Å². The Morgan fingerprint density at radius 2 is 1.82 bits per heavy atom. The molecule has 2 unspecified atom stereocenters. The number of esters is 1. The van der Waals surface area contributed by atoms with Crippen molar-refractivity contribution < 1.29 is 28.5 Å². The molecule has 1 amide bonds. The van der Waals surface area contributed by atoms with Gasteiger partial charge in [-0.1, -0.05) is 6.07 Å². The number of carbonyl (C=O) groups excluding carboxylic acids is 2. The van der Waals surface area contributed by atoms with Gasteiger partial charge in [-0.25, -0.2) is 4.79 Å². The van der Waals surface area contributed by atoms with E-state index in [0.717, 1.165) is 5.57 Å². The van der Waals surface area contributed by atoms with Crippen LogP contribution in [-0.2, 0) is 19.1 Å². The van der Waals surface area contributed by atoms with Crippen LogP contribution in [0.25, 0.3) is 0 Å². The second-order valence-electron chi connectivity index (χ2n) is 6.44. The highest BCUT2D eigenvalue weighted by molar-refractivity contribution is 5.97. The van der Waals surface area contributed by atoms with Gasteiger partial charge in [0.05, 0.1) is 27.9 Å². The van der Waals surface area contributed by atoms with Crippen molar-refractivity contribution in [2.45, 2.75) is 26.1 Å². The standard InChI is InChI=1S/C20H28N2O6/c1-12-13(2)19(23)22(9-10-25-3)18(12)21-17(20(24)28-6)14-7-8-15(26-4)16(11-14)27-5/h7-8,11,17-18,21H,9-10H2,1-6H3. The van der Waals surface area contributed by atoms with Crippen molar-refractivity contribution in [3.63, 3.8) is 0 Å². The van der Waals surface area contributed by atoms with Crippen molar-refractivity contribution in [1.29, 1.82) is 0 Å². The number of benzene rings is 1. The van der Waals surface area contributed by atoms with E-state index in [0.29, 0.717) is 35.8 Å². The van der Waals surface area contributed by atoms with Crippen molar-refractivity contribution in [3.8, 4) is 11.5 Å². The lowest BCUT2D eigenvalue weighted by Gasteiger charge is -2.30. The molecule has 154 valence electrons. The van der Waals surface area contributed by atoms with Crippen LogP contribution in [0, 0.1) is 0 Å². The molecule has 0 bridgehead atoms. The minimum Gasteiger partial charge on any atom is -0.493 e. The third-order valence-corrected chi connectivity index (χ3v) is 4.93. The molecule has 8 heteroatoms. The van der Waals surface area contributed by atoms with Gasteiger partial charge in [0.15, 0.2) is 11.5 Å². The molecular weight excluding hydrogens is 364 g/mol. The van der Waals surface area contributed by atoms with E-state index in [1.54, 1.807) is 44.2 Å². The van der Waals surface area contributed by atoms with Gasteiger partial charge in [-0.3, -0.25) is 10.1 Å². The second kappa shape index (κ2) is 9.57. The quantitative estimate of drug-likeness (QED) is 0.640.